The van der Waals surface area contributed by atoms with E-state index in [1.165, 1.54) is 10.4 Å². The highest BCUT2D eigenvalue weighted by atomic mass is 35.5. The first-order valence-electron chi connectivity index (χ1n) is 9.18. The molecule has 1 fully saturated rings. The van der Waals surface area contributed by atoms with Gasteiger partial charge in [0.05, 0.1) is 22.9 Å². The molecule has 2 aromatic rings. The monoisotopic (exact) mass is 435 g/mol. The van der Waals surface area contributed by atoms with Crippen molar-refractivity contribution in [1.82, 2.24) is 4.31 Å². The molecule has 2 amide bonds. The summed E-state index contributed by atoms with van der Waals surface area (Å²) in [5.41, 5.74) is 6.52. The molecule has 154 valence electrons. The lowest BCUT2D eigenvalue weighted by atomic mass is 9.98. The quantitative estimate of drug-likeness (QED) is 0.726. The van der Waals surface area contributed by atoms with E-state index in [4.69, 9.17) is 17.3 Å². The summed E-state index contributed by atoms with van der Waals surface area (Å²) in [7, 11) is -3.57. The molecule has 1 aliphatic rings. The van der Waals surface area contributed by atoms with Gasteiger partial charge in [0, 0.05) is 18.1 Å². The van der Waals surface area contributed by atoms with Crippen LogP contribution < -0.4 is 11.1 Å². The average molecular weight is 436 g/mol. The Morgan fingerprint density at radius 3 is 2.52 bits per heavy atom. The number of hydrogen-bond donors (Lipinski definition) is 2. The summed E-state index contributed by atoms with van der Waals surface area (Å²) in [5.74, 6) is -1.63. The maximum Gasteiger partial charge on any atom is 0.250 e. The highest BCUT2D eigenvalue weighted by Crippen LogP contribution is 2.24. The number of para-hydroxylation sites is 1. The molecular formula is C20H22ClN3O4S. The number of nitrogens with zero attached hydrogens (tertiary/aromatic N) is 1. The average Bonchev–Trinajstić information content (AvgIpc) is 2.70. The number of halogens is 1. The number of nitrogens with two attached hydrogens (primary N) is 1. The van der Waals surface area contributed by atoms with Gasteiger partial charge >= 0.3 is 0 Å². The van der Waals surface area contributed by atoms with Gasteiger partial charge in [-0.2, -0.15) is 0 Å². The number of carbonyl (C=O) groups is 2. The fraction of sp³-hybridized carbons (Fsp3) is 0.300. The van der Waals surface area contributed by atoms with Gasteiger partial charge < -0.3 is 11.1 Å². The maximum absolute atomic E-state index is 12.8. The molecule has 3 rings (SSSR count). The fourth-order valence-corrected chi connectivity index (χ4v) is 5.07. The van der Waals surface area contributed by atoms with Crippen LogP contribution in [0.3, 0.4) is 0 Å². The second-order valence-electron chi connectivity index (χ2n) is 6.98. The Kier molecular flexibility index (Phi) is 6.56. The molecule has 0 unspecified atom stereocenters. The van der Waals surface area contributed by atoms with E-state index in [1.807, 2.05) is 0 Å². The van der Waals surface area contributed by atoms with E-state index in [9.17, 15) is 18.0 Å². The molecule has 0 radical (unpaired) electrons. The highest BCUT2D eigenvalue weighted by molar-refractivity contribution is 7.88. The van der Waals surface area contributed by atoms with Crippen molar-refractivity contribution in [2.24, 2.45) is 11.7 Å². The topological polar surface area (TPSA) is 110 Å². The van der Waals surface area contributed by atoms with E-state index in [1.54, 1.807) is 42.5 Å². The third kappa shape index (κ3) is 5.35. The van der Waals surface area contributed by atoms with Crippen molar-refractivity contribution >= 4 is 39.1 Å². The summed E-state index contributed by atoms with van der Waals surface area (Å²) in [5, 5.41) is 3.25. The second kappa shape index (κ2) is 8.94. The number of carbonyl (C=O) groups excluding carboxylic acids is 2. The molecule has 29 heavy (non-hydrogen) atoms. The van der Waals surface area contributed by atoms with Crippen LogP contribution in [0.1, 0.15) is 28.8 Å². The summed E-state index contributed by atoms with van der Waals surface area (Å²) >= 11 is 5.85. The van der Waals surface area contributed by atoms with Crippen molar-refractivity contribution in [2.75, 3.05) is 18.4 Å². The van der Waals surface area contributed by atoms with Crippen molar-refractivity contribution in [2.45, 2.75) is 18.6 Å². The zero-order chi connectivity index (χ0) is 21.0. The fourth-order valence-electron chi connectivity index (χ4n) is 3.33. The van der Waals surface area contributed by atoms with Gasteiger partial charge in [0.25, 0.3) is 5.91 Å². The Morgan fingerprint density at radius 2 is 1.83 bits per heavy atom. The standard InChI is InChI=1S/C20H22ClN3O4S/c21-16-9-7-14(8-10-16)13-29(27,28)24-11-3-4-15(12-24)20(26)23-18-6-2-1-5-17(18)19(22)25/h1-2,5-10,15H,3-4,11-13H2,(H2,22,25)(H,23,26)/t15-/m1/s1. The van der Waals surface area contributed by atoms with Crippen molar-refractivity contribution in [3.8, 4) is 0 Å². The van der Waals surface area contributed by atoms with E-state index in [0.717, 1.165) is 0 Å². The van der Waals surface area contributed by atoms with Crippen LogP contribution in [0.5, 0.6) is 0 Å². The summed E-state index contributed by atoms with van der Waals surface area (Å²) in [6.45, 7) is 0.470. The summed E-state index contributed by atoms with van der Waals surface area (Å²) < 4.78 is 27.0. The molecule has 9 heteroatoms. The number of hydrogen-bond acceptors (Lipinski definition) is 4. The van der Waals surface area contributed by atoms with Crippen LogP contribution in [0.15, 0.2) is 48.5 Å². The lowest BCUT2D eigenvalue weighted by Gasteiger charge is -2.31. The van der Waals surface area contributed by atoms with Crippen LogP contribution in [0, 0.1) is 5.92 Å². The molecule has 1 atom stereocenters. The third-order valence-corrected chi connectivity index (χ3v) is 6.93. The van der Waals surface area contributed by atoms with E-state index in [2.05, 4.69) is 5.32 Å². The number of piperidine rings is 1. The molecule has 3 N–H and O–H groups in total. The summed E-state index contributed by atoms with van der Waals surface area (Å²) in [4.78, 5) is 24.2. The van der Waals surface area contributed by atoms with E-state index in [0.29, 0.717) is 35.7 Å². The third-order valence-electron chi connectivity index (χ3n) is 4.86. The van der Waals surface area contributed by atoms with Crippen molar-refractivity contribution < 1.29 is 18.0 Å². The first-order chi connectivity index (χ1) is 13.8. The number of primary amides is 1. The van der Waals surface area contributed by atoms with E-state index >= 15 is 0 Å². The zero-order valence-electron chi connectivity index (χ0n) is 15.7. The van der Waals surface area contributed by atoms with Crippen molar-refractivity contribution in [1.29, 1.82) is 0 Å². The number of benzene rings is 2. The molecule has 0 bridgehead atoms. The van der Waals surface area contributed by atoms with Crippen LogP contribution in [0.25, 0.3) is 0 Å². The molecular weight excluding hydrogens is 414 g/mol. The predicted octanol–water partition coefficient (Wildman–Crippen LogP) is 2.62. The number of amides is 2. The Labute approximate surface area is 174 Å². The van der Waals surface area contributed by atoms with Gasteiger partial charge in [0.15, 0.2) is 0 Å². The molecule has 1 aliphatic heterocycles. The highest BCUT2D eigenvalue weighted by Gasteiger charge is 2.32. The van der Waals surface area contributed by atoms with Crippen LogP contribution in [0.4, 0.5) is 5.69 Å². The summed E-state index contributed by atoms with van der Waals surface area (Å²) in [6.07, 6.45) is 1.15. The lowest BCUT2D eigenvalue weighted by Crippen LogP contribution is -2.44. The molecule has 0 aliphatic carbocycles. The predicted molar refractivity (Wildman–Crippen MR) is 112 cm³/mol. The summed E-state index contributed by atoms with van der Waals surface area (Å²) in [6, 6.07) is 13.1. The van der Waals surface area contributed by atoms with Crippen LogP contribution in [0.2, 0.25) is 5.02 Å². The first-order valence-corrected chi connectivity index (χ1v) is 11.2. The minimum atomic E-state index is -3.57. The Hall–Kier alpha value is -2.42. The molecule has 0 spiro atoms. The lowest BCUT2D eigenvalue weighted by molar-refractivity contribution is -0.120. The Bertz CT molecular complexity index is 1010. The Morgan fingerprint density at radius 1 is 1.14 bits per heavy atom. The number of nitrogens with one attached hydrogen (secondary N) is 1. The van der Waals surface area contributed by atoms with Crippen molar-refractivity contribution in [3.63, 3.8) is 0 Å². The molecule has 0 aromatic heterocycles. The Balaban J connectivity index is 1.69. The minimum Gasteiger partial charge on any atom is -0.366 e. The normalized spacial score (nSPS) is 17.6. The second-order valence-corrected chi connectivity index (χ2v) is 9.38. The number of sulfonamides is 1. The molecule has 0 saturated carbocycles. The van der Waals surface area contributed by atoms with E-state index < -0.39 is 21.8 Å². The van der Waals surface area contributed by atoms with Crippen LogP contribution in [-0.4, -0.2) is 37.6 Å². The molecule has 1 saturated heterocycles. The van der Waals surface area contributed by atoms with Crippen LogP contribution in [-0.2, 0) is 20.6 Å². The van der Waals surface area contributed by atoms with Crippen LogP contribution >= 0.6 is 11.6 Å². The van der Waals surface area contributed by atoms with Gasteiger partial charge in [0.1, 0.15) is 0 Å². The van der Waals surface area contributed by atoms with Gasteiger partial charge in [-0.15, -0.1) is 0 Å². The van der Waals surface area contributed by atoms with Gasteiger partial charge in [-0.05, 0) is 42.7 Å². The smallest absolute Gasteiger partial charge is 0.250 e. The molecule has 1 heterocycles. The molecule has 2 aromatic carbocycles. The number of rotatable bonds is 6. The van der Waals surface area contributed by atoms with Gasteiger partial charge in [0.2, 0.25) is 15.9 Å². The SMILES string of the molecule is NC(=O)c1ccccc1NC(=O)[C@@H]1CCCN(S(=O)(=O)Cc2ccc(Cl)cc2)C1. The maximum atomic E-state index is 12.8. The van der Waals surface area contributed by atoms with Gasteiger partial charge in [-0.3, -0.25) is 9.59 Å². The zero-order valence-corrected chi connectivity index (χ0v) is 17.2. The number of anilines is 1. The van der Waals surface area contributed by atoms with Gasteiger partial charge in [-0.25, -0.2) is 12.7 Å². The first kappa shape index (κ1) is 21.3. The minimum absolute atomic E-state index is 0.0977. The van der Waals surface area contributed by atoms with Gasteiger partial charge in [-0.1, -0.05) is 35.9 Å². The molecule has 7 nitrogen and oxygen atoms in total. The van der Waals surface area contributed by atoms with Crippen molar-refractivity contribution in [3.05, 3.63) is 64.7 Å². The van der Waals surface area contributed by atoms with E-state index in [-0.39, 0.29) is 23.8 Å². The largest absolute Gasteiger partial charge is 0.366 e.